The summed E-state index contributed by atoms with van der Waals surface area (Å²) in [5.41, 5.74) is 2.77. The zero-order valence-corrected chi connectivity index (χ0v) is 12.7. The Morgan fingerprint density at radius 3 is 2.39 bits per heavy atom. The van der Waals surface area contributed by atoms with Crippen molar-refractivity contribution in [3.63, 3.8) is 0 Å². The minimum absolute atomic E-state index is 0.303. The van der Waals surface area contributed by atoms with Crippen LogP contribution in [0, 0.1) is 6.92 Å². The third-order valence-corrected chi connectivity index (χ3v) is 3.95. The van der Waals surface area contributed by atoms with Gasteiger partial charge < -0.3 is 0 Å². The van der Waals surface area contributed by atoms with Crippen LogP contribution >= 0.6 is 11.6 Å². The number of hydrogen-bond acceptors (Lipinski definition) is 0. The second-order valence-electron chi connectivity index (χ2n) is 5.28. The summed E-state index contributed by atoms with van der Waals surface area (Å²) in [6.07, 6.45) is 10.3. The van der Waals surface area contributed by atoms with Gasteiger partial charge >= 0.3 is 0 Å². The molecule has 0 spiro atoms. The minimum Gasteiger partial charge on any atom is -0.123 e. The maximum Gasteiger partial charge on any atom is 0.0376 e. The predicted molar refractivity (Wildman–Crippen MR) is 82.5 cm³/mol. The molecule has 0 heterocycles. The summed E-state index contributed by atoms with van der Waals surface area (Å²) >= 11 is 6.43. The van der Waals surface area contributed by atoms with Crippen molar-refractivity contribution in [2.24, 2.45) is 0 Å². The van der Waals surface area contributed by atoms with E-state index in [-0.39, 0.29) is 0 Å². The molecule has 0 aliphatic rings. The molecular formula is C17H27Cl. The lowest BCUT2D eigenvalue weighted by atomic mass is 10.0. The van der Waals surface area contributed by atoms with E-state index in [2.05, 4.69) is 38.1 Å². The summed E-state index contributed by atoms with van der Waals surface area (Å²) < 4.78 is 0. The zero-order valence-electron chi connectivity index (χ0n) is 11.9. The second kappa shape index (κ2) is 9.44. The number of aryl methyl sites for hydroxylation is 1. The van der Waals surface area contributed by atoms with Crippen LogP contribution in [0.1, 0.15) is 63.0 Å². The van der Waals surface area contributed by atoms with Crippen molar-refractivity contribution in [2.75, 3.05) is 0 Å². The Kier molecular flexibility index (Phi) is 8.17. The van der Waals surface area contributed by atoms with Gasteiger partial charge in [-0.25, -0.2) is 0 Å². The summed E-state index contributed by atoms with van der Waals surface area (Å²) in [5, 5.41) is 0.303. The van der Waals surface area contributed by atoms with Crippen LogP contribution < -0.4 is 0 Å². The van der Waals surface area contributed by atoms with Gasteiger partial charge in [0.1, 0.15) is 0 Å². The number of halogens is 1. The van der Waals surface area contributed by atoms with Crippen LogP contribution in [-0.2, 0) is 6.42 Å². The molecule has 0 nitrogen and oxygen atoms in total. The van der Waals surface area contributed by atoms with Crippen LogP contribution in [0.3, 0.4) is 0 Å². The molecule has 0 aliphatic carbocycles. The molecule has 0 aromatic heterocycles. The summed E-state index contributed by atoms with van der Waals surface area (Å²) in [6.45, 7) is 4.43. The lowest BCUT2D eigenvalue weighted by molar-refractivity contribution is 0.578. The molecule has 0 fully saturated rings. The number of unbranched alkanes of at least 4 members (excludes halogenated alkanes) is 5. The fourth-order valence-electron chi connectivity index (χ4n) is 2.33. The average Bonchev–Trinajstić information content (AvgIpc) is 2.36. The standard InChI is InChI=1S/C17H27Cl/c1-3-4-5-6-7-8-13-17(18)14-16-12-10-9-11-15(16)2/h9-12,17H,3-8,13-14H2,1-2H3. The van der Waals surface area contributed by atoms with Gasteiger partial charge in [0, 0.05) is 5.38 Å². The quantitative estimate of drug-likeness (QED) is 0.386. The van der Waals surface area contributed by atoms with Crippen molar-refractivity contribution in [3.05, 3.63) is 35.4 Å². The molecule has 0 amide bonds. The lowest BCUT2D eigenvalue weighted by Gasteiger charge is -2.11. The summed E-state index contributed by atoms with van der Waals surface area (Å²) in [7, 11) is 0. The Balaban J connectivity index is 2.14. The molecule has 18 heavy (non-hydrogen) atoms. The molecule has 1 rings (SSSR count). The molecule has 0 radical (unpaired) electrons. The van der Waals surface area contributed by atoms with Gasteiger partial charge in [-0.15, -0.1) is 11.6 Å². The van der Waals surface area contributed by atoms with Crippen molar-refractivity contribution in [3.8, 4) is 0 Å². The molecule has 0 aliphatic heterocycles. The van der Waals surface area contributed by atoms with E-state index in [1.807, 2.05) is 0 Å². The fraction of sp³-hybridized carbons (Fsp3) is 0.647. The average molecular weight is 267 g/mol. The van der Waals surface area contributed by atoms with E-state index in [1.54, 1.807) is 0 Å². The van der Waals surface area contributed by atoms with E-state index >= 15 is 0 Å². The third kappa shape index (κ3) is 6.44. The van der Waals surface area contributed by atoms with E-state index in [0.717, 1.165) is 12.8 Å². The van der Waals surface area contributed by atoms with Gasteiger partial charge in [-0.2, -0.15) is 0 Å². The SMILES string of the molecule is CCCCCCCCC(Cl)Cc1ccccc1C. The molecule has 1 heteroatoms. The van der Waals surface area contributed by atoms with Crippen LogP contribution in [-0.4, -0.2) is 5.38 Å². The summed E-state index contributed by atoms with van der Waals surface area (Å²) in [6, 6.07) is 8.57. The summed E-state index contributed by atoms with van der Waals surface area (Å²) in [4.78, 5) is 0. The Labute approximate surface area is 118 Å². The minimum atomic E-state index is 0.303. The van der Waals surface area contributed by atoms with Crippen molar-refractivity contribution in [2.45, 2.75) is 70.6 Å². The number of hydrogen-bond donors (Lipinski definition) is 0. The maximum absolute atomic E-state index is 6.43. The van der Waals surface area contributed by atoms with Gasteiger partial charge in [-0.05, 0) is 30.9 Å². The number of alkyl halides is 1. The predicted octanol–water partition coefficient (Wildman–Crippen LogP) is 5.90. The van der Waals surface area contributed by atoms with Gasteiger partial charge in [-0.3, -0.25) is 0 Å². The smallest absolute Gasteiger partial charge is 0.0376 e. The highest BCUT2D eigenvalue weighted by Crippen LogP contribution is 2.18. The Morgan fingerprint density at radius 2 is 1.67 bits per heavy atom. The van der Waals surface area contributed by atoms with Crippen molar-refractivity contribution in [1.82, 2.24) is 0 Å². The molecule has 1 aromatic rings. The number of benzene rings is 1. The lowest BCUT2D eigenvalue weighted by Crippen LogP contribution is -2.04. The Bertz CT molecular complexity index is 319. The first-order valence-corrected chi connectivity index (χ1v) is 7.86. The van der Waals surface area contributed by atoms with Crippen LogP contribution in [0.4, 0.5) is 0 Å². The van der Waals surface area contributed by atoms with Crippen molar-refractivity contribution >= 4 is 11.6 Å². The highest BCUT2D eigenvalue weighted by Gasteiger charge is 2.07. The van der Waals surface area contributed by atoms with Crippen molar-refractivity contribution in [1.29, 1.82) is 0 Å². The first-order valence-electron chi connectivity index (χ1n) is 7.42. The van der Waals surface area contributed by atoms with E-state index in [4.69, 9.17) is 11.6 Å². The second-order valence-corrected chi connectivity index (χ2v) is 5.90. The van der Waals surface area contributed by atoms with Crippen LogP contribution in [0.25, 0.3) is 0 Å². The molecule has 1 unspecified atom stereocenters. The van der Waals surface area contributed by atoms with E-state index < -0.39 is 0 Å². The molecular weight excluding hydrogens is 240 g/mol. The molecule has 0 saturated heterocycles. The molecule has 0 N–H and O–H groups in total. The van der Waals surface area contributed by atoms with E-state index in [1.165, 1.54) is 49.7 Å². The highest BCUT2D eigenvalue weighted by molar-refractivity contribution is 6.20. The Morgan fingerprint density at radius 1 is 1.00 bits per heavy atom. The van der Waals surface area contributed by atoms with Gasteiger partial charge in [0.2, 0.25) is 0 Å². The van der Waals surface area contributed by atoms with Crippen molar-refractivity contribution < 1.29 is 0 Å². The normalized spacial score (nSPS) is 12.6. The molecule has 1 aromatic carbocycles. The first-order chi connectivity index (χ1) is 8.74. The zero-order chi connectivity index (χ0) is 13.2. The van der Waals surface area contributed by atoms with Gasteiger partial charge in [-0.1, -0.05) is 69.7 Å². The van der Waals surface area contributed by atoms with E-state index in [9.17, 15) is 0 Å². The molecule has 0 saturated carbocycles. The Hall–Kier alpha value is -0.490. The van der Waals surface area contributed by atoms with Crippen LogP contribution in [0.2, 0.25) is 0 Å². The first kappa shape index (κ1) is 15.6. The van der Waals surface area contributed by atoms with Crippen LogP contribution in [0.5, 0.6) is 0 Å². The van der Waals surface area contributed by atoms with Gasteiger partial charge in [0.05, 0.1) is 0 Å². The largest absolute Gasteiger partial charge is 0.123 e. The monoisotopic (exact) mass is 266 g/mol. The summed E-state index contributed by atoms with van der Waals surface area (Å²) in [5.74, 6) is 0. The maximum atomic E-state index is 6.43. The van der Waals surface area contributed by atoms with E-state index in [0.29, 0.717) is 5.38 Å². The number of rotatable bonds is 9. The molecule has 102 valence electrons. The molecule has 0 bridgehead atoms. The third-order valence-electron chi connectivity index (χ3n) is 3.57. The fourth-order valence-corrected chi connectivity index (χ4v) is 2.65. The highest BCUT2D eigenvalue weighted by atomic mass is 35.5. The van der Waals surface area contributed by atoms with Crippen LogP contribution in [0.15, 0.2) is 24.3 Å². The molecule has 1 atom stereocenters. The van der Waals surface area contributed by atoms with Gasteiger partial charge in [0.15, 0.2) is 0 Å². The van der Waals surface area contributed by atoms with Gasteiger partial charge in [0.25, 0.3) is 0 Å². The topological polar surface area (TPSA) is 0 Å².